The Bertz CT molecular complexity index is 612. The van der Waals surface area contributed by atoms with Crippen LogP contribution >= 0.6 is 23.2 Å². The van der Waals surface area contributed by atoms with Crippen molar-refractivity contribution in [2.45, 2.75) is 38.5 Å². The first-order valence-corrected chi connectivity index (χ1v) is 7.45. The lowest BCUT2D eigenvalue weighted by Crippen LogP contribution is -2.45. The van der Waals surface area contributed by atoms with E-state index in [0.717, 1.165) is 0 Å². The molecular formula is C14H15Cl2FN2O3. The van der Waals surface area contributed by atoms with Crippen molar-refractivity contribution in [2.75, 3.05) is 0 Å². The second kappa shape index (κ2) is 6.71. The van der Waals surface area contributed by atoms with Crippen molar-refractivity contribution < 1.29 is 18.7 Å². The number of amides is 2. The molecule has 2 N–H and O–H groups in total. The second-order valence-corrected chi connectivity index (χ2v) is 5.98. The van der Waals surface area contributed by atoms with Crippen LogP contribution in [0.4, 0.5) is 9.18 Å². The molecular weight excluding hydrogens is 334 g/mol. The molecule has 0 saturated carbocycles. The summed E-state index contributed by atoms with van der Waals surface area (Å²) in [6.45, 7) is 3.39. The molecule has 0 aliphatic carbocycles. The quantitative estimate of drug-likeness (QED) is 0.651. The van der Waals surface area contributed by atoms with Gasteiger partial charge < -0.3 is 15.4 Å². The number of benzene rings is 1. The predicted octanol–water partition coefficient (Wildman–Crippen LogP) is 3.20. The number of urea groups is 1. The number of carbonyl (C=O) groups is 2. The summed E-state index contributed by atoms with van der Waals surface area (Å²) in [5, 5.41) is 5.27. The third-order valence-electron chi connectivity index (χ3n) is 3.33. The highest BCUT2D eigenvalue weighted by molar-refractivity contribution is 6.35. The van der Waals surface area contributed by atoms with Gasteiger partial charge in [0.1, 0.15) is 18.0 Å². The van der Waals surface area contributed by atoms with Gasteiger partial charge in [0, 0.05) is 11.4 Å². The number of esters is 1. The largest absolute Gasteiger partial charge is 0.461 e. The first kappa shape index (κ1) is 16.8. The average molecular weight is 349 g/mol. The van der Waals surface area contributed by atoms with Gasteiger partial charge in [-0.2, -0.15) is 0 Å². The van der Waals surface area contributed by atoms with E-state index >= 15 is 0 Å². The maximum absolute atomic E-state index is 13.5. The van der Waals surface area contributed by atoms with Crippen molar-refractivity contribution >= 4 is 35.2 Å². The van der Waals surface area contributed by atoms with Crippen LogP contribution in [-0.4, -0.2) is 24.1 Å². The molecule has 1 heterocycles. The fraction of sp³-hybridized carbons (Fsp3) is 0.429. The molecule has 3 atom stereocenters. The number of hydrogen-bond acceptors (Lipinski definition) is 3. The maximum Gasteiger partial charge on any atom is 0.329 e. The third kappa shape index (κ3) is 3.81. The Morgan fingerprint density at radius 3 is 2.68 bits per heavy atom. The van der Waals surface area contributed by atoms with Crippen molar-refractivity contribution in [3.05, 3.63) is 33.6 Å². The second-order valence-electron chi connectivity index (χ2n) is 5.16. The molecule has 1 aliphatic heterocycles. The van der Waals surface area contributed by atoms with Gasteiger partial charge in [0.15, 0.2) is 0 Å². The Kier molecular flexibility index (Phi) is 5.13. The minimum absolute atomic E-state index is 0.0897. The van der Waals surface area contributed by atoms with E-state index in [1.807, 2.05) is 0 Å². The summed E-state index contributed by atoms with van der Waals surface area (Å²) in [4.78, 5) is 23.4. The molecule has 1 fully saturated rings. The third-order valence-corrected chi connectivity index (χ3v) is 3.95. The molecule has 3 unspecified atom stereocenters. The van der Waals surface area contributed by atoms with Crippen molar-refractivity contribution in [1.82, 2.24) is 10.6 Å². The molecule has 8 heteroatoms. The summed E-state index contributed by atoms with van der Waals surface area (Å²) in [6, 6.07) is 0.644. The summed E-state index contributed by atoms with van der Waals surface area (Å²) in [5.41, 5.74) is 0.390. The van der Waals surface area contributed by atoms with Crippen molar-refractivity contribution in [3.8, 4) is 0 Å². The minimum Gasteiger partial charge on any atom is -0.461 e. The van der Waals surface area contributed by atoms with Crippen LogP contribution in [0.1, 0.15) is 31.9 Å². The van der Waals surface area contributed by atoms with Crippen LogP contribution in [0.5, 0.6) is 0 Å². The highest BCUT2D eigenvalue weighted by Crippen LogP contribution is 2.28. The van der Waals surface area contributed by atoms with Crippen LogP contribution in [0.15, 0.2) is 12.1 Å². The van der Waals surface area contributed by atoms with Crippen molar-refractivity contribution in [3.63, 3.8) is 0 Å². The van der Waals surface area contributed by atoms with E-state index in [1.165, 1.54) is 12.1 Å². The van der Waals surface area contributed by atoms with Gasteiger partial charge in [-0.15, -0.1) is 0 Å². The zero-order chi connectivity index (χ0) is 16.4. The Morgan fingerprint density at radius 2 is 2.09 bits per heavy atom. The highest BCUT2D eigenvalue weighted by atomic mass is 35.5. The normalized spacial score (nSPS) is 22.1. The van der Waals surface area contributed by atoms with Gasteiger partial charge in [-0.25, -0.2) is 14.0 Å². The lowest BCUT2D eigenvalue weighted by molar-refractivity contribution is -0.142. The monoisotopic (exact) mass is 348 g/mol. The topological polar surface area (TPSA) is 67.4 Å². The fourth-order valence-electron chi connectivity index (χ4n) is 2.22. The van der Waals surface area contributed by atoms with Crippen molar-refractivity contribution in [1.29, 1.82) is 0 Å². The van der Waals surface area contributed by atoms with Gasteiger partial charge in [-0.1, -0.05) is 23.2 Å². The smallest absolute Gasteiger partial charge is 0.329 e. The van der Waals surface area contributed by atoms with Crippen LogP contribution in [0.3, 0.4) is 0 Å². The van der Waals surface area contributed by atoms with Crippen LogP contribution in [0.25, 0.3) is 0 Å². The molecule has 1 aromatic carbocycles. The number of hydrogen-bond donors (Lipinski definition) is 2. The number of rotatable bonds is 3. The summed E-state index contributed by atoms with van der Waals surface area (Å²) in [6.07, 6.45) is 0.187. The Balaban J connectivity index is 2.00. The molecule has 2 amide bonds. The SMILES string of the molecule is CC1CC(NC(=O)NC(C)c2cc(F)c(Cl)cc2Cl)C(=O)O1. The Morgan fingerprint density at radius 1 is 1.41 bits per heavy atom. The molecule has 1 saturated heterocycles. The van der Waals surface area contributed by atoms with Gasteiger partial charge in [-0.05, 0) is 31.5 Å². The molecule has 0 radical (unpaired) electrons. The zero-order valence-corrected chi connectivity index (χ0v) is 13.5. The maximum atomic E-state index is 13.5. The van der Waals surface area contributed by atoms with Gasteiger partial charge in [0.05, 0.1) is 11.1 Å². The Hall–Kier alpha value is -1.53. The molecule has 0 aromatic heterocycles. The van der Waals surface area contributed by atoms with E-state index in [4.69, 9.17) is 27.9 Å². The van der Waals surface area contributed by atoms with Crippen LogP contribution in [0, 0.1) is 5.82 Å². The average Bonchev–Trinajstić information content (AvgIpc) is 2.71. The van der Waals surface area contributed by atoms with Gasteiger partial charge in [0.25, 0.3) is 0 Å². The minimum atomic E-state index is -0.681. The van der Waals surface area contributed by atoms with Crippen LogP contribution < -0.4 is 10.6 Å². The molecule has 0 spiro atoms. The van der Waals surface area contributed by atoms with E-state index < -0.39 is 29.9 Å². The van der Waals surface area contributed by atoms with E-state index in [9.17, 15) is 14.0 Å². The predicted molar refractivity (Wildman–Crippen MR) is 80.5 cm³/mol. The van der Waals surface area contributed by atoms with Gasteiger partial charge in [-0.3, -0.25) is 0 Å². The summed E-state index contributed by atoms with van der Waals surface area (Å²) in [5.74, 6) is -1.09. The molecule has 1 aromatic rings. The number of ether oxygens (including phenoxy) is 1. The van der Waals surface area contributed by atoms with E-state index in [2.05, 4.69) is 10.6 Å². The Labute approximate surface area is 137 Å². The molecule has 5 nitrogen and oxygen atoms in total. The summed E-state index contributed by atoms with van der Waals surface area (Å²) >= 11 is 11.6. The molecule has 2 rings (SSSR count). The first-order chi connectivity index (χ1) is 10.3. The number of cyclic esters (lactones) is 1. The summed E-state index contributed by atoms with van der Waals surface area (Å²) < 4.78 is 18.4. The van der Waals surface area contributed by atoms with E-state index in [1.54, 1.807) is 13.8 Å². The molecule has 22 heavy (non-hydrogen) atoms. The van der Waals surface area contributed by atoms with Gasteiger partial charge >= 0.3 is 12.0 Å². The highest BCUT2D eigenvalue weighted by Gasteiger charge is 2.33. The first-order valence-electron chi connectivity index (χ1n) is 6.70. The molecule has 1 aliphatic rings. The van der Waals surface area contributed by atoms with Crippen LogP contribution in [0.2, 0.25) is 10.0 Å². The lowest BCUT2D eigenvalue weighted by Gasteiger charge is -2.18. The summed E-state index contributed by atoms with van der Waals surface area (Å²) in [7, 11) is 0. The van der Waals surface area contributed by atoms with Gasteiger partial charge in [0.2, 0.25) is 0 Å². The molecule has 0 bridgehead atoms. The fourth-order valence-corrected chi connectivity index (χ4v) is 2.77. The van der Waals surface area contributed by atoms with Crippen LogP contribution in [-0.2, 0) is 9.53 Å². The van der Waals surface area contributed by atoms with E-state index in [0.29, 0.717) is 12.0 Å². The van der Waals surface area contributed by atoms with E-state index in [-0.39, 0.29) is 16.1 Å². The number of halogens is 3. The lowest BCUT2D eigenvalue weighted by atomic mass is 10.1. The zero-order valence-electron chi connectivity index (χ0n) is 12.0. The number of carbonyl (C=O) groups excluding carboxylic acids is 2. The van der Waals surface area contributed by atoms with Crippen molar-refractivity contribution in [2.24, 2.45) is 0 Å². The molecule has 120 valence electrons. The number of nitrogens with one attached hydrogen (secondary N) is 2. The standard InChI is InChI=1S/C14H15Cl2FN2O3/c1-6-3-12(13(20)22-6)19-14(21)18-7(2)8-4-11(17)10(16)5-9(8)15/h4-7,12H,3H2,1-2H3,(H2,18,19,21).